The third kappa shape index (κ3) is 2.77. The fourth-order valence-electron chi connectivity index (χ4n) is 3.68. The second-order valence-corrected chi connectivity index (χ2v) is 6.47. The first-order valence-electron chi connectivity index (χ1n) is 8.37. The van der Waals surface area contributed by atoms with Crippen LogP contribution in [0.25, 0.3) is 0 Å². The molecule has 122 valence electrons. The number of piperidine rings is 1. The summed E-state index contributed by atoms with van der Waals surface area (Å²) in [7, 11) is 0. The standard InChI is InChI=1S/C16H26N4O2/c1-3-12-11(2)15(18-17-12)16(22)20-9-13(14(21)10-20)19-7-5-4-6-8-19/h13-14,21H,3-10H2,1-2H3,(H,17,18)/t13-,14-/m0/s1. The van der Waals surface area contributed by atoms with Crippen LogP contribution in [0.4, 0.5) is 0 Å². The predicted molar refractivity (Wildman–Crippen MR) is 83.8 cm³/mol. The predicted octanol–water partition coefficient (Wildman–Crippen LogP) is 0.952. The SMILES string of the molecule is CCc1[nH]nc(C(=O)N2C[C@H](O)[C@@H](N3CCCCC3)C2)c1C. The monoisotopic (exact) mass is 306 g/mol. The quantitative estimate of drug-likeness (QED) is 0.872. The first kappa shape index (κ1) is 15.5. The van der Waals surface area contributed by atoms with Crippen LogP contribution in [0.15, 0.2) is 0 Å². The van der Waals surface area contributed by atoms with Gasteiger partial charge in [-0.05, 0) is 39.3 Å². The minimum atomic E-state index is -0.452. The van der Waals surface area contributed by atoms with E-state index in [4.69, 9.17) is 0 Å². The zero-order valence-corrected chi connectivity index (χ0v) is 13.5. The molecule has 1 aromatic heterocycles. The van der Waals surface area contributed by atoms with Gasteiger partial charge in [0.15, 0.2) is 5.69 Å². The van der Waals surface area contributed by atoms with Gasteiger partial charge in [0.1, 0.15) is 0 Å². The number of aryl methyl sites for hydroxylation is 1. The van der Waals surface area contributed by atoms with E-state index >= 15 is 0 Å². The van der Waals surface area contributed by atoms with Crippen molar-refractivity contribution in [3.05, 3.63) is 17.0 Å². The van der Waals surface area contributed by atoms with Crippen LogP contribution >= 0.6 is 0 Å². The van der Waals surface area contributed by atoms with Gasteiger partial charge >= 0.3 is 0 Å². The summed E-state index contributed by atoms with van der Waals surface area (Å²) in [6, 6.07) is 0.0779. The van der Waals surface area contributed by atoms with Crippen LogP contribution in [0.3, 0.4) is 0 Å². The number of likely N-dealkylation sites (tertiary alicyclic amines) is 2. The number of aromatic amines is 1. The van der Waals surface area contributed by atoms with Gasteiger partial charge in [-0.1, -0.05) is 13.3 Å². The molecule has 2 fully saturated rings. The Bertz CT molecular complexity index is 536. The fourth-order valence-corrected chi connectivity index (χ4v) is 3.68. The first-order chi connectivity index (χ1) is 10.6. The highest BCUT2D eigenvalue weighted by atomic mass is 16.3. The smallest absolute Gasteiger partial charge is 0.274 e. The summed E-state index contributed by atoms with van der Waals surface area (Å²) in [4.78, 5) is 16.8. The number of aromatic nitrogens is 2. The van der Waals surface area contributed by atoms with Crippen molar-refractivity contribution in [1.82, 2.24) is 20.0 Å². The van der Waals surface area contributed by atoms with Crippen molar-refractivity contribution in [2.75, 3.05) is 26.2 Å². The number of amides is 1. The molecule has 2 atom stereocenters. The summed E-state index contributed by atoms with van der Waals surface area (Å²) >= 11 is 0. The van der Waals surface area contributed by atoms with Crippen LogP contribution in [-0.2, 0) is 6.42 Å². The number of rotatable bonds is 3. The Hall–Kier alpha value is -1.40. The fraction of sp³-hybridized carbons (Fsp3) is 0.750. The molecule has 6 nitrogen and oxygen atoms in total. The van der Waals surface area contributed by atoms with E-state index in [0.29, 0.717) is 18.8 Å². The second-order valence-electron chi connectivity index (χ2n) is 6.47. The van der Waals surface area contributed by atoms with Gasteiger partial charge in [0.05, 0.1) is 12.1 Å². The average molecular weight is 306 g/mol. The number of β-amino-alcohol motifs (C(OH)–C–C–N with tert-alkyl or cyclic N) is 1. The van der Waals surface area contributed by atoms with Gasteiger partial charge in [-0.25, -0.2) is 0 Å². The second kappa shape index (κ2) is 6.38. The van der Waals surface area contributed by atoms with Crippen LogP contribution in [0.1, 0.15) is 47.9 Å². The third-order valence-electron chi connectivity index (χ3n) is 5.07. The van der Waals surface area contributed by atoms with Crippen LogP contribution < -0.4 is 0 Å². The van der Waals surface area contributed by atoms with Crippen molar-refractivity contribution in [1.29, 1.82) is 0 Å². The lowest BCUT2D eigenvalue weighted by atomic mass is 10.1. The van der Waals surface area contributed by atoms with Gasteiger partial charge in [0.25, 0.3) is 5.91 Å². The van der Waals surface area contributed by atoms with E-state index in [1.807, 2.05) is 13.8 Å². The molecule has 2 aliphatic rings. The Morgan fingerprint density at radius 2 is 2.05 bits per heavy atom. The summed E-state index contributed by atoms with van der Waals surface area (Å²) in [5.74, 6) is -0.0630. The number of carbonyl (C=O) groups excluding carboxylic acids is 1. The average Bonchev–Trinajstić information content (AvgIpc) is 3.10. The molecule has 0 aliphatic carbocycles. The van der Waals surface area contributed by atoms with Crippen LogP contribution in [0, 0.1) is 6.92 Å². The summed E-state index contributed by atoms with van der Waals surface area (Å²) in [5.41, 5.74) is 2.45. The molecule has 22 heavy (non-hydrogen) atoms. The first-order valence-corrected chi connectivity index (χ1v) is 8.37. The van der Waals surface area contributed by atoms with Crippen LogP contribution in [0.5, 0.6) is 0 Å². The molecule has 6 heteroatoms. The largest absolute Gasteiger partial charge is 0.390 e. The molecule has 0 bridgehead atoms. The molecule has 0 saturated carbocycles. The molecule has 0 aromatic carbocycles. The number of nitrogens with one attached hydrogen (secondary N) is 1. The molecular weight excluding hydrogens is 280 g/mol. The maximum atomic E-state index is 12.7. The third-order valence-corrected chi connectivity index (χ3v) is 5.07. The van der Waals surface area contributed by atoms with Gasteiger partial charge in [-0.3, -0.25) is 14.8 Å². The zero-order chi connectivity index (χ0) is 15.7. The van der Waals surface area contributed by atoms with Crippen molar-refractivity contribution in [2.24, 2.45) is 0 Å². The molecule has 0 radical (unpaired) electrons. The molecule has 3 heterocycles. The van der Waals surface area contributed by atoms with Crippen molar-refractivity contribution in [3.63, 3.8) is 0 Å². The molecule has 2 saturated heterocycles. The lowest BCUT2D eigenvalue weighted by Crippen LogP contribution is -2.46. The van der Waals surface area contributed by atoms with Crippen molar-refractivity contribution >= 4 is 5.91 Å². The summed E-state index contributed by atoms with van der Waals surface area (Å²) in [6.07, 6.45) is 4.04. The van der Waals surface area contributed by atoms with Gasteiger partial charge < -0.3 is 10.0 Å². The van der Waals surface area contributed by atoms with Gasteiger partial charge in [0, 0.05) is 24.3 Å². The molecule has 3 rings (SSSR count). The maximum absolute atomic E-state index is 12.7. The Kier molecular flexibility index (Phi) is 4.49. The molecular formula is C16H26N4O2. The molecule has 1 amide bonds. The van der Waals surface area contributed by atoms with E-state index in [1.54, 1.807) is 4.90 Å². The normalized spacial score (nSPS) is 26.6. The number of carbonyl (C=O) groups is 1. The Labute approximate surface area is 131 Å². The highest BCUT2D eigenvalue weighted by molar-refractivity contribution is 5.94. The van der Waals surface area contributed by atoms with Gasteiger partial charge in [-0.15, -0.1) is 0 Å². The summed E-state index contributed by atoms with van der Waals surface area (Å²) in [6.45, 7) is 7.06. The molecule has 2 aliphatic heterocycles. The molecule has 0 spiro atoms. The van der Waals surface area contributed by atoms with E-state index in [1.165, 1.54) is 19.3 Å². The van der Waals surface area contributed by atoms with Gasteiger partial charge in [0.2, 0.25) is 0 Å². The maximum Gasteiger partial charge on any atom is 0.274 e. The van der Waals surface area contributed by atoms with E-state index < -0.39 is 6.10 Å². The number of aliphatic hydroxyl groups excluding tert-OH is 1. The van der Waals surface area contributed by atoms with Crippen molar-refractivity contribution < 1.29 is 9.90 Å². The highest BCUT2D eigenvalue weighted by Gasteiger charge is 2.39. The number of hydrogen-bond acceptors (Lipinski definition) is 4. The summed E-state index contributed by atoms with van der Waals surface area (Å²) < 4.78 is 0. The van der Waals surface area contributed by atoms with E-state index in [9.17, 15) is 9.90 Å². The minimum absolute atomic E-state index is 0.0630. The number of aliphatic hydroxyl groups is 1. The topological polar surface area (TPSA) is 72.5 Å². The highest BCUT2D eigenvalue weighted by Crippen LogP contribution is 2.23. The van der Waals surface area contributed by atoms with E-state index in [0.717, 1.165) is 30.8 Å². The number of hydrogen-bond donors (Lipinski definition) is 2. The van der Waals surface area contributed by atoms with Crippen molar-refractivity contribution in [3.8, 4) is 0 Å². The van der Waals surface area contributed by atoms with Crippen LogP contribution in [-0.4, -0.2) is 69.3 Å². The lowest BCUT2D eigenvalue weighted by Gasteiger charge is -2.33. The Balaban J connectivity index is 1.70. The van der Waals surface area contributed by atoms with E-state index in [-0.39, 0.29) is 11.9 Å². The van der Waals surface area contributed by atoms with Crippen LogP contribution in [0.2, 0.25) is 0 Å². The molecule has 0 unspecified atom stereocenters. The van der Waals surface area contributed by atoms with E-state index in [2.05, 4.69) is 15.1 Å². The lowest BCUT2D eigenvalue weighted by molar-refractivity contribution is 0.0702. The van der Waals surface area contributed by atoms with Gasteiger partial charge in [-0.2, -0.15) is 5.10 Å². The Morgan fingerprint density at radius 1 is 1.32 bits per heavy atom. The van der Waals surface area contributed by atoms with Crippen molar-refractivity contribution in [2.45, 2.75) is 51.7 Å². The molecule has 2 N–H and O–H groups in total. The number of nitrogens with zero attached hydrogens (tertiary/aromatic N) is 3. The molecule has 1 aromatic rings. The minimum Gasteiger partial charge on any atom is -0.390 e. The zero-order valence-electron chi connectivity index (χ0n) is 13.5. The Morgan fingerprint density at radius 3 is 2.68 bits per heavy atom. The summed E-state index contributed by atoms with van der Waals surface area (Å²) in [5, 5.41) is 17.5. The number of H-pyrrole nitrogens is 1.